The van der Waals surface area contributed by atoms with Crippen LogP contribution in [-0.4, -0.2) is 26.5 Å². The number of rotatable bonds is 6. The molecule has 0 saturated carbocycles. The van der Waals surface area contributed by atoms with Gasteiger partial charge in [-0.25, -0.2) is 0 Å². The van der Waals surface area contributed by atoms with Crippen LogP contribution in [0.3, 0.4) is 0 Å². The summed E-state index contributed by atoms with van der Waals surface area (Å²) in [5, 5.41) is 0.324. The van der Waals surface area contributed by atoms with E-state index in [2.05, 4.69) is 6.92 Å². The van der Waals surface area contributed by atoms with E-state index >= 15 is 0 Å². The molecule has 0 aromatic heterocycles. The summed E-state index contributed by atoms with van der Waals surface area (Å²) in [6.45, 7) is 2.77. The predicted octanol–water partition coefficient (Wildman–Crippen LogP) is 2.88. The van der Waals surface area contributed by atoms with E-state index < -0.39 is 0 Å². The molecule has 0 radical (unpaired) electrons. The number of benzene rings is 1. The van der Waals surface area contributed by atoms with Crippen LogP contribution in [0.5, 0.6) is 11.5 Å². The lowest BCUT2D eigenvalue weighted by molar-refractivity contribution is 0.354. The number of hydrogen-bond acceptors (Lipinski definition) is 4. The molecule has 1 aromatic rings. The maximum Gasteiger partial charge on any atom is 0.161 e. The van der Waals surface area contributed by atoms with Crippen molar-refractivity contribution in [1.29, 1.82) is 0 Å². The monoisotopic (exact) mass is 277 g/mol. The third kappa shape index (κ3) is 4.30. The fourth-order valence-corrected chi connectivity index (χ4v) is 2.43. The topological polar surface area (TPSA) is 44.5 Å². The van der Waals surface area contributed by atoms with Crippen molar-refractivity contribution in [2.75, 3.05) is 26.5 Å². The Morgan fingerprint density at radius 2 is 1.88 bits per heavy atom. The van der Waals surface area contributed by atoms with Gasteiger partial charge in [0.05, 0.1) is 14.2 Å². The summed E-state index contributed by atoms with van der Waals surface area (Å²) in [7, 11) is 3.28. The highest BCUT2D eigenvalue weighted by Gasteiger charge is 2.12. The first-order chi connectivity index (χ1) is 7.76. The first-order valence-corrected chi connectivity index (χ1v) is 6.35. The number of methoxy groups -OCH3 is 2. The van der Waals surface area contributed by atoms with E-state index in [0.717, 1.165) is 17.3 Å². The quantitative estimate of drug-likeness (QED) is 0.868. The summed E-state index contributed by atoms with van der Waals surface area (Å²) in [6, 6.07) is 5.97. The minimum Gasteiger partial charge on any atom is -0.493 e. The van der Waals surface area contributed by atoms with E-state index in [1.54, 1.807) is 14.2 Å². The van der Waals surface area contributed by atoms with Crippen molar-refractivity contribution in [3.63, 3.8) is 0 Å². The number of halogens is 1. The van der Waals surface area contributed by atoms with Crippen LogP contribution < -0.4 is 15.2 Å². The van der Waals surface area contributed by atoms with Gasteiger partial charge in [-0.05, 0) is 23.4 Å². The summed E-state index contributed by atoms with van der Waals surface area (Å²) >= 11 is 1.84. The third-order valence-corrected chi connectivity index (χ3v) is 3.56. The number of hydrogen-bond donors (Lipinski definition) is 1. The van der Waals surface area contributed by atoms with Crippen LogP contribution in [0.25, 0.3) is 0 Å². The van der Waals surface area contributed by atoms with Crippen molar-refractivity contribution in [1.82, 2.24) is 0 Å². The number of thioether (sulfide) groups is 1. The Bertz CT molecular complexity index is 336. The molecule has 0 bridgehead atoms. The second-order valence-electron chi connectivity index (χ2n) is 3.29. The fraction of sp³-hybridized carbons (Fsp3) is 0.500. The molecule has 5 heteroatoms. The Morgan fingerprint density at radius 3 is 2.35 bits per heavy atom. The van der Waals surface area contributed by atoms with E-state index in [-0.39, 0.29) is 12.4 Å². The fourth-order valence-electron chi connectivity index (χ4n) is 1.55. The summed E-state index contributed by atoms with van der Waals surface area (Å²) in [4.78, 5) is 0. The third-order valence-electron chi connectivity index (χ3n) is 2.36. The van der Waals surface area contributed by atoms with Crippen LogP contribution >= 0.6 is 24.2 Å². The van der Waals surface area contributed by atoms with Gasteiger partial charge >= 0.3 is 0 Å². The molecule has 17 heavy (non-hydrogen) atoms. The normalized spacial score (nSPS) is 11.5. The van der Waals surface area contributed by atoms with E-state index in [1.807, 2.05) is 30.0 Å². The zero-order chi connectivity index (χ0) is 12.0. The largest absolute Gasteiger partial charge is 0.493 e. The molecule has 0 saturated heterocycles. The van der Waals surface area contributed by atoms with Crippen LogP contribution in [0.4, 0.5) is 0 Å². The zero-order valence-corrected chi connectivity index (χ0v) is 12.1. The summed E-state index contributed by atoms with van der Waals surface area (Å²) in [6.07, 6.45) is 0. The van der Waals surface area contributed by atoms with Crippen LogP contribution in [0, 0.1) is 0 Å². The summed E-state index contributed by atoms with van der Waals surface area (Å²) < 4.78 is 10.5. The predicted molar refractivity (Wildman–Crippen MR) is 76.7 cm³/mol. The Kier molecular flexibility index (Phi) is 8.21. The standard InChI is InChI=1S/C12H19NO2S.ClH/c1-4-16-12(8-13)9-5-6-10(14-2)11(7-9)15-3;/h5-7,12H,4,8,13H2,1-3H3;1H. The Morgan fingerprint density at radius 1 is 1.24 bits per heavy atom. The average Bonchev–Trinajstić information content (AvgIpc) is 2.35. The van der Waals surface area contributed by atoms with Gasteiger partial charge in [-0.1, -0.05) is 13.0 Å². The van der Waals surface area contributed by atoms with Crippen LogP contribution in [-0.2, 0) is 0 Å². The van der Waals surface area contributed by atoms with Crippen molar-refractivity contribution in [3.05, 3.63) is 23.8 Å². The molecular weight excluding hydrogens is 258 g/mol. The van der Waals surface area contributed by atoms with E-state index in [0.29, 0.717) is 11.8 Å². The van der Waals surface area contributed by atoms with E-state index in [4.69, 9.17) is 15.2 Å². The highest BCUT2D eigenvalue weighted by atomic mass is 35.5. The molecule has 0 fully saturated rings. The van der Waals surface area contributed by atoms with Gasteiger partial charge in [0.2, 0.25) is 0 Å². The zero-order valence-electron chi connectivity index (χ0n) is 10.4. The lowest BCUT2D eigenvalue weighted by Crippen LogP contribution is -2.09. The van der Waals surface area contributed by atoms with Gasteiger partial charge in [0, 0.05) is 11.8 Å². The van der Waals surface area contributed by atoms with Crippen molar-refractivity contribution in [3.8, 4) is 11.5 Å². The first-order valence-electron chi connectivity index (χ1n) is 5.30. The molecule has 0 aliphatic rings. The van der Waals surface area contributed by atoms with E-state index in [9.17, 15) is 0 Å². The number of ether oxygens (including phenoxy) is 2. The minimum atomic E-state index is 0. The maximum atomic E-state index is 5.76. The van der Waals surface area contributed by atoms with Crippen molar-refractivity contribution in [2.45, 2.75) is 12.2 Å². The minimum absolute atomic E-state index is 0. The lowest BCUT2D eigenvalue weighted by atomic mass is 10.1. The van der Waals surface area contributed by atoms with Gasteiger partial charge in [0.15, 0.2) is 11.5 Å². The molecule has 98 valence electrons. The summed E-state index contributed by atoms with van der Waals surface area (Å²) in [5.41, 5.74) is 6.95. The summed E-state index contributed by atoms with van der Waals surface area (Å²) in [5.74, 6) is 2.56. The molecule has 1 unspecified atom stereocenters. The molecule has 1 rings (SSSR count). The average molecular weight is 278 g/mol. The molecule has 1 aromatic carbocycles. The van der Waals surface area contributed by atoms with Gasteiger partial charge in [-0.3, -0.25) is 0 Å². The van der Waals surface area contributed by atoms with Crippen molar-refractivity contribution in [2.24, 2.45) is 5.73 Å². The molecule has 0 heterocycles. The number of nitrogens with two attached hydrogens (primary N) is 1. The van der Waals surface area contributed by atoms with Gasteiger partial charge < -0.3 is 15.2 Å². The molecule has 3 nitrogen and oxygen atoms in total. The molecule has 2 N–H and O–H groups in total. The highest BCUT2D eigenvalue weighted by molar-refractivity contribution is 7.99. The van der Waals surface area contributed by atoms with Crippen LogP contribution in [0.2, 0.25) is 0 Å². The molecule has 0 spiro atoms. The smallest absolute Gasteiger partial charge is 0.161 e. The Balaban J connectivity index is 0.00000256. The maximum absolute atomic E-state index is 5.76. The van der Waals surface area contributed by atoms with Crippen LogP contribution in [0.1, 0.15) is 17.7 Å². The molecule has 1 atom stereocenters. The lowest BCUT2D eigenvalue weighted by Gasteiger charge is -2.16. The van der Waals surface area contributed by atoms with Crippen LogP contribution in [0.15, 0.2) is 18.2 Å². The van der Waals surface area contributed by atoms with Gasteiger partial charge in [-0.15, -0.1) is 12.4 Å². The Labute approximate surface area is 113 Å². The molecule has 0 aliphatic carbocycles. The first kappa shape index (κ1) is 16.4. The van der Waals surface area contributed by atoms with Gasteiger partial charge in [0.1, 0.15) is 0 Å². The molecular formula is C12H20ClNO2S. The van der Waals surface area contributed by atoms with Crippen molar-refractivity contribution >= 4 is 24.2 Å². The second-order valence-corrected chi connectivity index (χ2v) is 4.77. The highest BCUT2D eigenvalue weighted by Crippen LogP contribution is 2.34. The Hall–Kier alpha value is -0.580. The second kappa shape index (κ2) is 8.50. The van der Waals surface area contributed by atoms with Crippen molar-refractivity contribution < 1.29 is 9.47 Å². The van der Waals surface area contributed by atoms with E-state index in [1.165, 1.54) is 5.56 Å². The molecule has 0 aliphatic heterocycles. The van der Waals surface area contributed by atoms with Gasteiger partial charge in [0.25, 0.3) is 0 Å². The molecule has 0 amide bonds. The van der Waals surface area contributed by atoms with Gasteiger partial charge in [-0.2, -0.15) is 11.8 Å². The SMILES string of the molecule is CCSC(CN)c1ccc(OC)c(OC)c1.Cl.